The molecule has 1 aromatic carbocycles. The lowest BCUT2D eigenvalue weighted by atomic mass is 10.1. The zero-order valence-corrected chi connectivity index (χ0v) is 13.4. The summed E-state index contributed by atoms with van der Waals surface area (Å²) in [6.45, 7) is 7.14. The molecular weight excluding hydrogens is 295 g/mol. The van der Waals surface area contributed by atoms with E-state index in [1.54, 1.807) is 29.5 Å². The van der Waals surface area contributed by atoms with Gasteiger partial charge in [0.15, 0.2) is 0 Å². The number of hydrogen-bond acceptors (Lipinski definition) is 3. The second-order valence-electron chi connectivity index (χ2n) is 5.71. The zero-order chi connectivity index (χ0) is 14.8. The molecular formula is C15H18ClFN2S. The molecule has 2 nitrogen and oxygen atoms in total. The number of aromatic nitrogens is 1. The van der Waals surface area contributed by atoms with Gasteiger partial charge in [-0.05, 0) is 32.4 Å². The minimum Gasteiger partial charge on any atom is -0.307 e. The topological polar surface area (TPSA) is 24.9 Å². The Kier molecular flexibility index (Phi) is 4.78. The number of nitrogens with one attached hydrogen (secondary N) is 1. The number of benzene rings is 1. The fourth-order valence-corrected chi connectivity index (χ4v) is 2.79. The Labute approximate surface area is 128 Å². The second kappa shape index (κ2) is 6.20. The summed E-state index contributed by atoms with van der Waals surface area (Å²) in [5.74, 6) is -0.348. The van der Waals surface area contributed by atoms with Crippen LogP contribution >= 0.6 is 22.9 Å². The summed E-state index contributed by atoms with van der Waals surface area (Å²) in [6.07, 6.45) is 2.33. The number of rotatable bonds is 4. The highest BCUT2D eigenvalue weighted by Crippen LogP contribution is 2.23. The third-order valence-electron chi connectivity index (χ3n) is 2.77. The van der Waals surface area contributed by atoms with E-state index in [9.17, 15) is 4.39 Å². The molecule has 2 aromatic rings. The summed E-state index contributed by atoms with van der Waals surface area (Å²) >= 11 is 7.38. The fraction of sp³-hybridized carbons (Fsp3) is 0.400. The number of hydrogen-bond donors (Lipinski definition) is 1. The predicted octanol–water partition coefficient (Wildman–Crippen LogP) is 4.41. The molecule has 5 heteroatoms. The van der Waals surface area contributed by atoms with E-state index in [0.29, 0.717) is 12.0 Å². The molecule has 0 aliphatic heterocycles. The SMILES string of the molecule is CC(C)(C)NCc1cnc(Cc2cccc(Cl)c2F)s1. The van der Waals surface area contributed by atoms with Crippen LogP contribution in [0.15, 0.2) is 24.4 Å². The predicted molar refractivity (Wildman–Crippen MR) is 82.9 cm³/mol. The first kappa shape index (κ1) is 15.4. The van der Waals surface area contributed by atoms with Crippen LogP contribution in [-0.4, -0.2) is 10.5 Å². The average molecular weight is 313 g/mol. The Morgan fingerprint density at radius 3 is 2.80 bits per heavy atom. The van der Waals surface area contributed by atoms with Gasteiger partial charge in [-0.3, -0.25) is 0 Å². The minimum absolute atomic E-state index is 0.0726. The molecule has 0 unspecified atom stereocenters. The Bertz CT molecular complexity index is 590. The van der Waals surface area contributed by atoms with Crippen LogP contribution in [0.2, 0.25) is 5.02 Å². The van der Waals surface area contributed by atoms with Gasteiger partial charge in [-0.1, -0.05) is 23.7 Å². The lowest BCUT2D eigenvalue weighted by Crippen LogP contribution is -2.34. The van der Waals surface area contributed by atoms with E-state index < -0.39 is 0 Å². The fourth-order valence-electron chi connectivity index (χ4n) is 1.71. The van der Waals surface area contributed by atoms with Crippen molar-refractivity contribution in [1.29, 1.82) is 0 Å². The van der Waals surface area contributed by atoms with E-state index in [1.165, 1.54) is 0 Å². The van der Waals surface area contributed by atoms with Crippen molar-refractivity contribution < 1.29 is 4.39 Å². The molecule has 0 saturated heterocycles. The molecule has 0 aliphatic carbocycles. The highest BCUT2D eigenvalue weighted by atomic mass is 35.5. The third kappa shape index (κ3) is 4.27. The highest BCUT2D eigenvalue weighted by Gasteiger charge is 2.12. The van der Waals surface area contributed by atoms with Gasteiger partial charge < -0.3 is 5.32 Å². The van der Waals surface area contributed by atoms with E-state index >= 15 is 0 Å². The molecule has 0 aliphatic rings. The minimum atomic E-state index is -0.348. The molecule has 1 N–H and O–H groups in total. The van der Waals surface area contributed by atoms with E-state index in [2.05, 4.69) is 31.1 Å². The van der Waals surface area contributed by atoms with Crippen LogP contribution in [0.5, 0.6) is 0 Å². The van der Waals surface area contributed by atoms with Crippen molar-refractivity contribution in [3.63, 3.8) is 0 Å². The molecule has 1 aromatic heterocycles. The Balaban J connectivity index is 2.04. The van der Waals surface area contributed by atoms with Crippen LogP contribution in [0.3, 0.4) is 0 Å². The smallest absolute Gasteiger partial charge is 0.145 e. The van der Waals surface area contributed by atoms with Crippen molar-refractivity contribution in [3.8, 4) is 0 Å². The van der Waals surface area contributed by atoms with Gasteiger partial charge in [0.1, 0.15) is 5.82 Å². The van der Waals surface area contributed by atoms with Crippen molar-refractivity contribution in [2.75, 3.05) is 0 Å². The summed E-state index contributed by atoms with van der Waals surface area (Å²) in [7, 11) is 0. The summed E-state index contributed by atoms with van der Waals surface area (Å²) in [5, 5.41) is 4.47. The van der Waals surface area contributed by atoms with Gasteiger partial charge in [0.05, 0.1) is 10.0 Å². The Hall–Kier alpha value is -0.970. The van der Waals surface area contributed by atoms with E-state index in [-0.39, 0.29) is 16.4 Å². The van der Waals surface area contributed by atoms with E-state index in [4.69, 9.17) is 11.6 Å². The van der Waals surface area contributed by atoms with Gasteiger partial charge in [-0.2, -0.15) is 0 Å². The first-order chi connectivity index (χ1) is 9.35. The molecule has 108 valence electrons. The van der Waals surface area contributed by atoms with E-state index in [1.807, 2.05) is 6.20 Å². The molecule has 1 heterocycles. The van der Waals surface area contributed by atoms with Gasteiger partial charge >= 0.3 is 0 Å². The van der Waals surface area contributed by atoms with Crippen LogP contribution in [0.25, 0.3) is 0 Å². The maximum Gasteiger partial charge on any atom is 0.145 e. The molecule has 2 rings (SSSR count). The Morgan fingerprint density at radius 1 is 1.35 bits per heavy atom. The first-order valence-electron chi connectivity index (χ1n) is 6.46. The van der Waals surface area contributed by atoms with Crippen molar-refractivity contribution in [1.82, 2.24) is 10.3 Å². The molecule has 0 spiro atoms. The number of thiazole rings is 1. The molecule has 0 amide bonds. The first-order valence-corrected chi connectivity index (χ1v) is 7.66. The highest BCUT2D eigenvalue weighted by molar-refractivity contribution is 7.11. The Morgan fingerprint density at radius 2 is 2.10 bits per heavy atom. The molecule has 0 atom stereocenters. The molecule has 0 saturated carbocycles. The van der Waals surface area contributed by atoms with Gasteiger partial charge in [-0.15, -0.1) is 11.3 Å². The van der Waals surface area contributed by atoms with Crippen molar-refractivity contribution in [3.05, 3.63) is 50.7 Å². The quantitative estimate of drug-likeness (QED) is 0.904. The van der Waals surface area contributed by atoms with Crippen molar-refractivity contribution in [2.45, 2.75) is 39.3 Å². The van der Waals surface area contributed by atoms with Gasteiger partial charge in [-0.25, -0.2) is 9.37 Å². The number of nitrogens with zero attached hydrogens (tertiary/aromatic N) is 1. The average Bonchev–Trinajstić information content (AvgIpc) is 2.80. The van der Waals surface area contributed by atoms with Crippen LogP contribution < -0.4 is 5.32 Å². The molecule has 20 heavy (non-hydrogen) atoms. The van der Waals surface area contributed by atoms with Crippen LogP contribution in [0.1, 0.15) is 36.2 Å². The summed E-state index contributed by atoms with van der Waals surface area (Å²) in [4.78, 5) is 5.50. The monoisotopic (exact) mass is 312 g/mol. The maximum atomic E-state index is 13.8. The van der Waals surface area contributed by atoms with Crippen molar-refractivity contribution in [2.24, 2.45) is 0 Å². The zero-order valence-electron chi connectivity index (χ0n) is 11.8. The summed E-state index contributed by atoms with van der Waals surface area (Å²) in [5.41, 5.74) is 0.658. The largest absolute Gasteiger partial charge is 0.307 e. The van der Waals surface area contributed by atoms with Crippen molar-refractivity contribution >= 4 is 22.9 Å². The molecule has 0 fully saturated rings. The van der Waals surface area contributed by atoms with Gasteiger partial charge in [0, 0.05) is 29.6 Å². The summed E-state index contributed by atoms with van der Waals surface area (Å²) < 4.78 is 13.8. The lowest BCUT2D eigenvalue weighted by Gasteiger charge is -2.19. The third-order valence-corrected chi connectivity index (χ3v) is 4.06. The van der Waals surface area contributed by atoms with E-state index in [0.717, 1.165) is 16.4 Å². The van der Waals surface area contributed by atoms with Gasteiger partial charge in [0.25, 0.3) is 0 Å². The summed E-state index contributed by atoms with van der Waals surface area (Å²) in [6, 6.07) is 5.06. The molecule has 0 bridgehead atoms. The van der Waals surface area contributed by atoms with Crippen LogP contribution in [0, 0.1) is 5.82 Å². The second-order valence-corrected chi connectivity index (χ2v) is 7.32. The standard InChI is InChI=1S/C15H18ClFN2S/c1-15(2,3)19-9-11-8-18-13(20-11)7-10-5-4-6-12(16)14(10)17/h4-6,8,19H,7,9H2,1-3H3. The molecule has 0 radical (unpaired) electrons. The van der Waals surface area contributed by atoms with Crippen LogP contribution in [0.4, 0.5) is 4.39 Å². The van der Waals surface area contributed by atoms with Crippen LogP contribution in [-0.2, 0) is 13.0 Å². The maximum absolute atomic E-state index is 13.8. The van der Waals surface area contributed by atoms with Gasteiger partial charge in [0.2, 0.25) is 0 Å². The lowest BCUT2D eigenvalue weighted by molar-refractivity contribution is 0.426. The number of halogens is 2. The normalized spacial score (nSPS) is 11.8.